The molecule has 7 aromatic rings. The van der Waals surface area contributed by atoms with Crippen molar-refractivity contribution in [2.45, 2.75) is 12.3 Å². The van der Waals surface area contributed by atoms with E-state index in [9.17, 15) is 5.26 Å². The maximum Gasteiger partial charge on any atom is 0.154 e. The van der Waals surface area contributed by atoms with Crippen LogP contribution in [0.4, 0.5) is 0 Å². The van der Waals surface area contributed by atoms with Gasteiger partial charge < -0.3 is 9.40 Å². The van der Waals surface area contributed by atoms with Crippen molar-refractivity contribution in [1.82, 2.24) is 4.98 Å². The Bertz CT molecular complexity index is 2490. The lowest BCUT2D eigenvalue weighted by atomic mass is 9.93. The Balaban J connectivity index is 1.04. The largest absolute Gasteiger partial charge is 0.455 e. The number of nitrogens with one attached hydrogen (secondary N) is 2. The second kappa shape index (κ2) is 12.4. The van der Waals surface area contributed by atoms with Crippen molar-refractivity contribution in [1.29, 1.82) is 10.7 Å². The van der Waals surface area contributed by atoms with E-state index in [1.54, 1.807) is 0 Å². The van der Waals surface area contributed by atoms with Crippen molar-refractivity contribution in [2.75, 3.05) is 0 Å². The average Bonchev–Trinajstić information content (AvgIpc) is 3.54. The first kappa shape index (κ1) is 28.9. The van der Waals surface area contributed by atoms with Crippen molar-refractivity contribution in [3.05, 3.63) is 174 Å². The van der Waals surface area contributed by atoms with E-state index in [0.717, 1.165) is 78.4 Å². The highest BCUT2D eigenvalue weighted by molar-refractivity contribution is 6.10. The van der Waals surface area contributed by atoms with Gasteiger partial charge >= 0.3 is 0 Å². The van der Waals surface area contributed by atoms with Crippen LogP contribution in [0, 0.1) is 16.7 Å². The molecule has 48 heavy (non-hydrogen) atoms. The predicted octanol–water partition coefficient (Wildman–Crippen LogP) is 10.3. The van der Waals surface area contributed by atoms with Crippen LogP contribution in [0.15, 0.2) is 161 Å². The topological polar surface area (TPSA) is 88.9 Å². The summed E-state index contributed by atoms with van der Waals surface area (Å²) >= 11 is 0. The van der Waals surface area contributed by atoms with Crippen molar-refractivity contribution < 1.29 is 4.42 Å². The van der Waals surface area contributed by atoms with Crippen molar-refractivity contribution in [3.8, 4) is 39.4 Å². The van der Waals surface area contributed by atoms with Gasteiger partial charge in [-0.1, -0.05) is 115 Å². The maximum absolute atomic E-state index is 9.19. The molecule has 0 bridgehead atoms. The Kier molecular flexibility index (Phi) is 7.45. The highest BCUT2D eigenvalue weighted by Crippen LogP contribution is 2.38. The van der Waals surface area contributed by atoms with Gasteiger partial charge in [0, 0.05) is 39.6 Å². The molecule has 0 amide bonds. The summed E-state index contributed by atoms with van der Waals surface area (Å²) in [6, 6.07) is 43.0. The van der Waals surface area contributed by atoms with Crippen molar-refractivity contribution >= 4 is 27.8 Å². The van der Waals surface area contributed by atoms with Crippen LogP contribution in [0.25, 0.3) is 55.3 Å². The van der Waals surface area contributed by atoms with Gasteiger partial charge in [-0.25, -0.2) is 4.99 Å². The third-order valence-electron chi connectivity index (χ3n) is 9.00. The minimum Gasteiger partial charge on any atom is -0.455 e. The van der Waals surface area contributed by atoms with Gasteiger partial charge in [-0.3, -0.25) is 5.41 Å². The fourth-order valence-electron chi connectivity index (χ4n) is 6.43. The minimum atomic E-state index is 0.224. The molecule has 2 aromatic heterocycles. The zero-order chi connectivity index (χ0) is 32.5. The smallest absolute Gasteiger partial charge is 0.154 e. The zero-order valence-corrected chi connectivity index (χ0v) is 26.0. The quantitative estimate of drug-likeness (QED) is 0.148. The first-order valence-corrected chi connectivity index (χ1v) is 16.0. The number of allylic oxidation sites excluding steroid dienone is 4. The summed E-state index contributed by atoms with van der Waals surface area (Å²) < 4.78 is 6.36. The predicted molar refractivity (Wildman–Crippen MR) is 194 cm³/mol. The van der Waals surface area contributed by atoms with Gasteiger partial charge in [-0.2, -0.15) is 5.26 Å². The summed E-state index contributed by atoms with van der Waals surface area (Å²) in [7, 11) is 0. The summed E-state index contributed by atoms with van der Waals surface area (Å²) in [6.07, 6.45) is 11.3. The molecule has 8 rings (SSSR count). The summed E-state index contributed by atoms with van der Waals surface area (Å²) in [6.45, 7) is 0. The monoisotopic (exact) mass is 618 g/mol. The van der Waals surface area contributed by atoms with E-state index in [0.29, 0.717) is 5.56 Å². The van der Waals surface area contributed by atoms with Crippen LogP contribution < -0.4 is 5.49 Å². The molecule has 0 saturated heterocycles. The second-order valence-corrected chi connectivity index (χ2v) is 11.9. The summed E-state index contributed by atoms with van der Waals surface area (Å²) in [5.41, 5.74) is 11.3. The van der Waals surface area contributed by atoms with Crippen LogP contribution in [-0.2, 0) is 0 Å². The standard InChI is InChI=1S/C43H30N4O/c44-27-28-11-13-33(14-12-28)36-8-4-9-38-39-26-35(23-24-40(39)48-41(36)38)31-17-15-29(16-18-31)30-19-21-34(22-20-30)42(45)47-43-37(10-5-25-46-43)32-6-2-1-3-7-32/h1-6,8-26,32H,7H2,(H2,45,46,47). The highest BCUT2D eigenvalue weighted by Gasteiger charge is 2.14. The molecule has 0 spiro atoms. The molecule has 5 nitrogen and oxygen atoms in total. The Morgan fingerprint density at radius 3 is 2.19 bits per heavy atom. The van der Waals surface area contributed by atoms with Crippen molar-refractivity contribution in [2.24, 2.45) is 4.99 Å². The van der Waals surface area contributed by atoms with E-state index in [1.165, 1.54) is 0 Å². The number of nitriles is 1. The molecule has 2 heterocycles. The third kappa shape index (κ3) is 5.46. The van der Waals surface area contributed by atoms with Gasteiger partial charge in [0.2, 0.25) is 0 Å². The molecule has 5 aromatic carbocycles. The van der Waals surface area contributed by atoms with Crippen LogP contribution in [0.3, 0.4) is 0 Å². The molecule has 1 atom stereocenters. The third-order valence-corrected chi connectivity index (χ3v) is 9.00. The van der Waals surface area contributed by atoms with Crippen LogP contribution in [0.5, 0.6) is 0 Å². The van der Waals surface area contributed by atoms with Gasteiger partial charge in [-0.15, -0.1) is 0 Å². The Hall–Kier alpha value is -6.51. The number of aromatic nitrogens is 1. The normalized spacial score (nSPS) is 14.4. The van der Waals surface area contributed by atoms with E-state index in [-0.39, 0.29) is 11.8 Å². The molecule has 0 saturated carbocycles. The number of pyridine rings is 1. The van der Waals surface area contributed by atoms with E-state index in [4.69, 9.17) is 9.83 Å². The lowest BCUT2D eigenvalue weighted by Crippen LogP contribution is -2.19. The van der Waals surface area contributed by atoms with Gasteiger partial charge in [0.25, 0.3) is 0 Å². The number of para-hydroxylation sites is 1. The van der Waals surface area contributed by atoms with Gasteiger partial charge in [0.1, 0.15) is 16.7 Å². The van der Waals surface area contributed by atoms with Gasteiger partial charge in [0.05, 0.1) is 11.6 Å². The summed E-state index contributed by atoms with van der Waals surface area (Å²) in [4.78, 5) is 7.91. The number of nitrogens with zero attached hydrogens (tertiary/aromatic N) is 2. The number of hydrogen-bond donors (Lipinski definition) is 2. The number of fused-ring (bicyclic) bond motifs is 3. The molecule has 0 radical (unpaired) electrons. The fourth-order valence-corrected chi connectivity index (χ4v) is 6.43. The van der Waals surface area contributed by atoms with E-state index in [2.05, 4.69) is 101 Å². The molecule has 5 heteroatoms. The SMILES string of the molecule is N#Cc1ccc(-c2cccc3c2oc2ccc(-c4ccc(-c5ccc(C(=N)/N=c6\[nH]cccc6C6C=CC=CC6)cc5)cc4)cc23)cc1. The maximum atomic E-state index is 9.19. The molecular weight excluding hydrogens is 589 g/mol. The number of rotatable bonds is 5. The number of aromatic amines is 1. The molecule has 1 aliphatic rings. The lowest BCUT2D eigenvalue weighted by Gasteiger charge is -2.13. The van der Waals surface area contributed by atoms with Crippen LogP contribution >= 0.6 is 0 Å². The van der Waals surface area contributed by atoms with E-state index in [1.807, 2.05) is 66.9 Å². The van der Waals surface area contributed by atoms with Crippen LogP contribution in [0.2, 0.25) is 0 Å². The van der Waals surface area contributed by atoms with Gasteiger partial charge in [0.15, 0.2) is 5.84 Å². The summed E-state index contributed by atoms with van der Waals surface area (Å²) in [5, 5.41) is 20.0. The first-order valence-electron chi connectivity index (χ1n) is 16.0. The Labute approximate surface area is 278 Å². The number of benzene rings is 5. The number of furan rings is 1. The lowest BCUT2D eigenvalue weighted by molar-refractivity contribution is 0.670. The van der Waals surface area contributed by atoms with Crippen LogP contribution in [0.1, 0.15) is 29.0 Å². The molecule has 1 unspecified atom stereocenters. The van der Waals surface area contributed by atoms with E-state index < -0.39 is 0 Å². The molecule has 1 aliphatic carbocycles. The van der Waals surface area contributed by atoms with Gasteiger partial charge in [-0.05, 0) is 64.6 Å². The Morgan fingerprint density at radius 1 is 0.750 bits per heavy atom. The first-order chi connectivity index (χ1) is 23.6. The molecular formula is C43H30N4O. The number of amidine groups is 1. The number of H-pyrrole nitrogens is 1. The molecule has 2 N–H and O–H groups in total. The molecule has 228 valence electrons. The molecule has 0 aliphatic heterocycles. The fraction of sp³-hybridized carbons (Fsp3) is 0.0465. The van der Waals surface area contributed by atoms with Crippen LogP contribution in [-0.4, -0.2) is 10.8 Å². The summed E-state index contributed by atoms with van der Waals surface area (Å²) in [5.74, 6) is 0.473. The highest BCUT2D eigenvalue weighted by atomic mass is 16.3. The van der Waals surface area contributed by atoms with Crippen molar-refractivity contribution in [3.63, 3.8) is 0 Å². The number of hydrogen-bond acceptors (Lipinski definition) is 3. The zero-order valence-electron chi connectivity index (χ0n) is 26.0. The molecule has 0 fully saturated rings. The average molecular weight is 619 g/mol. The van der Waals surface area contributed by atoms with E-state index >= 15 is 0 Å². The minimum absolute atomic E-state index is 0.224. The Morgan fingerprint density at radius 2 is 1.46 bits per heavy atom. The second-order valence-electron chi connectivity index (χ2n) is 11.9.